The number of benzene rings is 4. The van der Waals surface area contributed by atoms with Crippen LogP contribution >= 0.6 is 11.8 Å². The van der Waals surface area contributed by atoms with E-state index in [4.69, 9.17) is 18.9 Å². The number of carbonyl (C=O) groups excluding carboxylic acids is 2. The zero-order chi connectivity index (χ0) is 34.5. The molecule has 0 aliphatic heterocycles. The Hall–Kier alpha value is -4.98. The number of esters is 1. The molecule has 0 bridgehead atoms. The number of ether oxygens (including phenoxy) is 5. The fraction of sp³-hybridized carbons (Fsp3) is 0.235. The second kappa shape index (κ2) is 14.8. The van der Waals surface area contributed by atoms with Crippen molar-refractivity contribution in [2.24, 2.45) is 0 Å². The molecule has 1 amide bonds. The summed E-state index contributed by atoms with van der Waals surface area (Å²) in [6, 6.07) is 16.7. The molecule has 1 atom stereocenters. The molecular weight excluding hydrogens is 661 g/mol. The van der Waals surface area contributed by atoms with Gasteiger partial charge in [0.25, 0.3) is 0 Å². The van der Waals surface area contributed by atoms with Gasteiger partial charge in [-0.3, -0.25) is 0 Å². The van der Waals surface area contributed by atoms with Crippen molar-refractivity contribution in [3.05, 3.63) is 106 Å². The molecule has 0 saturated carbocycles. The molecule has 0 unspecified atom stereocenters. The van der Waals surface area contributed by atoms with E-state index in [1.807, 2.05) is 48.5 Å². The number of halogens is 5. The van der Waals surface area contributed by atoms with Crippen molar-refractivity contribution in [2.75, 3.05) is 33.7 Å². The third-order valence-electron chi connectivity index (χ3n) is 7.64. The minimum absolute atomic E-state index is 0.120. The van der Waals surface area contributed by atoms with Crippen LogP contribution < -0.4 is 24.3 Å². The predicted octanol–water partition coefficient (Wildman–Crippen LogP) is 7.15. The van der Waals surface area contributed by atoms with Gasteiger partial charge in [-0.05, 0) is 22.3 Å². The van der Waals surface area contributed by atoms with Gasteiger partial charge in [0.2, 0.25) is 34.8 Å². The van der Waals surface area contributed by atoms with Gasteiger partial charge in [-0.25, -0.2) is 22.8 Å². The van der Waals surface area contributed by atoms with Crippen molar-refractivity contribution in [3.8, 4) is 34.1 Å². The first kappa shape index (κ1) is 34.4. The number of carbonyl (C=O) groups is 2. The number of methoxy groups -OCH3 is 3. The van der Waals surface area contributed by atoms with E-state index in [0.29, 0.717) is 22.8 Å². The maximum Gasteiger partial charge on any atom is 0.407 e. The molecule has 0 radical (unpaired) electrons. The lowest BCUT2D eigenvalue weighted by molar-refractivity contribution is -0.136. The molecule has 1 aliphatic carbocycles. The van der Waals surface area contributed by atoms with Crippen LogP contribution in [-0.4, -0.2) is 51.8 Å². The highest BCUT2D eigenvalue weighted by Gasteiger charge is 2.33. The van der Waals surface area contributed by atoms with Crippen LogP contribution in [0.4, 0.5) is 26.7 Å². The molecule has 1 N–H and O–H groups in total. The van der Waals surface area contributed by atoms with Gasteiger partial charge in [0.15, 0.2) is 0 Å². The first-order chi connectivity index (χ1) is 23.1. The molecule has 0 aromatic heterocycles. The highest BCUT2D eigenvalue weighted by atomic mass is 32.2. The summed E-state index contributed by atoms with van der Waals surface area (Å²) in [7, 11) is 4.30. The molecule has 4 aromatic rings. The van der Waals surface area contributed by atoms with Crippen LogP contribution in [0.15, 0.2) is 60.7 Å². The second-order valence-electron chi connectivity index (χ2n) is 10.4. The summed E-state index contributed by atoms with van der Waals surface area (Å²) in [5, 5.41) is 2.30. The summed E-state index contributed by atoms with van der Waals surface area (Å²) in [6.07, 6.45) is -1.09. The van der Waals surface area contributed by atoms with Gasteiger partial charge in [-0.1, -0.05) is 48.5 Å². The van der Waals surface area contributed by atoms with E-state index >= 15 is 0 Å². The third-order valence-corrected chi connectivity index (χ3v) is 8.70. The van der Waals surface area contributed by atoms with Gasteiger partial charge in [0, 0.05) is 35.1 Å². The minimum Gasteiger partial charge on any atom is -0.496 e. The normalized spacial score (nSPS) is 12.5. The zero-order valence-corrected chi connectivity index (χ0v) is 26.5. The quantitative estimate of drug-likeness (QED) is 0.0552. The largest absolute Gasteiger partial charge is 0.496 e. The van der Waals surface area contributed by atoms with E-state index in [0.717, 1.165) is 34.0 Å². The zero-order valence-electron chi connectivity index (χ0n) is 25.7. The molecule has 48 heavy (non-hydrogen) atoms. The summed E-state index contributed by atoms with van der Waals surface area (Å²) in [4.78, 5) is 26.2. The standard InChI is InChI=1S/C34H28F5NO7S/c1-43-17-12-25(44-2)23(26(13-17)45-3)15-48-16-24(33(41)47-32-30(38)28(36)27(35)29(37)31(32)39)40-34(42)46-14-22-20-10-6-4-8-18(20)19-9-5-7-11-21(19)22/h4-13,22,24H,14-16H2,1-3H3,(H,40,42)/t24-/m1/s1. The number of rotatable bonds is 12. The highest BCUT2D eigenvalue weighted by molar-refractivity contribution is 7.98. The number of thioether (sulfide) groups is 1. The number of amides is 1. The Morgan fingerprint density at radius 2 is 1.29 bits per heavy atom. The molecule has 0 saturated heterocycles. The Labute approximate surface area is 276 Å². The molecule has 1 aliphatic rings. The smallest absolute Gasteiger partial charge is 0.407 e. The number of nitrogens with one attached hydrogen (secondary N) is 1. The highest BCUT2D eigenvalue weighted by Crippen LogP contribution is 2.44. The van der Waals surface area contributed by atoms with Crippen LogP contribution in [0.25, 0.3) is 11.1 Å². The van der Waals surface area contributed by atoms with Gasteiger partial charge in [0.1, 0.15) is 29.9 Å². The van der Waals surface area contributed by atoms with Gasteiger partial charge in [0.05, 0.1) is 21.3 Å². The van der Waals surface area contributed by atoms with Crippen LogP contribution in [0.2, 0.25) is 0 Å². The van der Waals surface area contributed by atoms with E-state index < -0.39 is 52.9 Å². The summed E-state index contributed by atoms with van der Waals surface area (Å²) in [5.41, 5.74) is 4.34. The molecule has 8 nitrogen and oxygen atoms in total. The summed E-state index contributed by atoms with van der Waals surface area (Å²) >= 11 is 1.04. The number of hydrogen-bond acceptors (Lipinski definition) is 8. The number of hydrogen-bond donors (Lipinski definition) is 1. The van der Waals surface area contributed by atoms with Crippen molar-refractivity contribution in [2.45, 2.75) is 17.7 Å². The maximum absolute atomic E-state index is 14.4. The third kappa shape index (κ3) is 6.84. The van der Waals surface area contributed by atoms with Gasteiger partial charge in [-0.15, -0.1) is 0 Å². The SMILES string of the molecule is COc1cc(OC)c(CSC[C@@H](NC(=O)OCC2c3ccccc3-c3ccccc32)C(=O)Oc2c(F)c(F)c(F)c(F)c2F)c(OC)c1. The van der Waals surface area contributed by atoms with E-state index in [2.05, 4.69) is 10.1 Å². The fourth-order valence-electron chi connectivity index (χ4n) is 5.30. The molecule has 0 spiro atoms. The topological polar surface area (TPSA) is 92.3 Å². The van der Waals surface area contributed by atoms with Crippen LogP contribution in [0.3, 0.4) is 0 Å². The molecule has 4 aromatic carbocycles. The molecule has 5 rings (SSSR count). The fourth-order valence-corrected chi connectivity index (χ4v) is 6.36. The Morgan fingerprint density at radius 3 is 1.81 bits per heavy atom. The first-order valence-corrected chi connectivity index (χ1v) is 15.5. The number of alkyl carbamates (subject to hydrolysis) is 1. The average molecular weight is 690 g/mol. The van der Waals surface area contributed by atoms with Crippen molar-refractivity contribution in [3.63, 3.8) is 0 Å². The van der Waals surface area contributed by atoms with Gasteiger partial charge >= 0.3 is 12.1 Å². The summed E-state index contributed by atoms with van der Waals surface area (Å²) in [6.45, 7) is -0.132. The number of fused-ring (bicyclic) bond motifs is 3. The average Bonchev–Trinajstić information content (AvgIpc) is 3.43. The minimum atomic E-state index is -2.42. The van der Waals surface area contributed by atoms with Crippen molar-refractivity contribution >= 4 is 23.8 Å². The monoisotopic (exact) mass is 689 g/mol. The Bertz CT molecular complexity index is 1760. The first-order valence-electron chi connectivity index (χ1n) is 14.3. The maximum atomic E-state index is 14.4. The van der Waals surface area contributed by atoms with E-state index in [9.17, 15) is 31.5 Å². The Kier molecular flexibility index (Phi) is 10.6. The molecule has 0 fully saturated rings. The lowest BCUT2D eigenvalue weighted by Gasteiger charge is -2.20. The van der Waals surface area contributed by atoms with Crippen LogP contribution in [0.5, 0.6) is 23.0 Å². The van der Waals surface area contributed by atoms with Gasteiger partial charge in [-0.2, -0.15) is 20.5 Å². The van der Waals surface area contributed by atoms with Crippen LogP contribution in [0, 0.1) is 29.1 Å². The van der Waals surface area contributed by atoms with Crippen molar-refractivity contribution < 1.29 is 55.2 Å². The Balaban J connectivity index is 1.35. The lowest BCUT2D eigenvalue weighted by atomic mass is 9.98. The second-order valence-corrected chi connectivity index (χ2v) is 11.4. The van der Waals surface area contributed by atoms with Gasteiger partial charge < -0.3 is 29.0 Å². The predicted molar refractivity (Wildman–Crippen MR) is 166 cm³/mol. The Morgan fingerprint density at radius 1 is 0.771 bits per heavy atom. The molecule has 0 heterocycles. The van der Waals surface area contributed by atoms with Crippen LogP contribution in [0.1, 0.15) is 22.6 Å². The van der Waals surface area contributed by atoms with E-state index in [1.54, 1.807) is 12.1 Å². The molecule has 14 heteroatoms. The molecular formula is C34H28F5NO7S. The van der Waals surface area contributed by atoms with E-state index in [-0.39, 0.29) is 24.0 Å². The lowest BCUT2D eigenvalue weighted by Crippen LogP contribution is -2.45. The van der Waals surface area contributed by atoms with Crippen LogP contribution in [-0.2, 0) is 15.3 Å². The summed E-state index contributed by atoms with van der Waals surface area (Å²) in [5.74, 6) is -14.3. The van der Waals surface area contributed by atoms with Crippen molar-refractivity contribution in [1.82, 2.24) is 5.32 Å². The molecule has 252 valence electrons. The summed E-state index contributed by atoms with van der Waals surface area (Å²) < 4.78 is 96.3. The van der Waals surface area contributed by atoms with Crippen molar-refractivity contribution in [1.29, 1.82) is 0 Å². The van der Waals surface area contributed by atoms with E-state index in [1.165, 1.54) is 21.3 Å².